The van der Waals surface area contributed by atoms with Gasteiger partial charge in [-0.05, 0) is 133 Å². The molecular weight excluding hydrogens is 1420 g/mol. The second-order valence-corrected chi connectivity index (χ2v) is 27.8. The summed E-state index contributed by atoms with van der Waals surface area (Å²) in [7, 11) is 0. The van der Waals surface area contributed by atoms with Crippen molar-refractivity contribution >= 4 is 126 Å². The standard InChI is InChI=1S/C66H120N20O18S2/c1-10-37(8)53(86-62(101)45(29-35(4)5)82-63(102)48(33-106)75-38(9)87)65(104)79-41(19-12-15-25-68)58(97)81-44(28-34(2)3)61(100)78-40(18-11-14-24-67)57(96)83-46(30-51(91)92)55(94)74-31-49(88)76-39(21-17-27-73-66(71)72)56(95)77-42(20-13-16-26-69)60(99)85-52(36(6)7)64(103)80-43(22-23-50(89)90)59(98)84-47(32-105)54(70)93/h34-37,39-48,52-53,105-106H,10-33,67-69H2,1-9H3,(H2,70,93)(H,74,94)(H,75,87)(H,76,88)(H,77,95)(H,78,100)(H,79,104)(H,80,103)(H,81,97)(H,82,102)(H,83,96)(H,84,98)(H,85,99)(H,86,101)(H,89,90)(H,91,92)(H4,71,72,73)/t37-,39-,40-,41-,42-,43-,44-,45-,46-,47-,48-,52-,53-/m0/s1. The zero-order valence-corrected chi connectivity index (χ0v) is 64.2. The lowest BCUT2D eigenvalue weighted by Crippen LogP contribution is -2.61. The number of aliphatic carboxylic acids is 2. The van der Waals surface area contributed by atoms with Crippen LogP contribution in [0, 0.1) is 23.7 Å². The highest BCUT2D eigenvalue weighted by Gasteiger charge is 2.38. The Hall–Kier alpha value is -8.63. The van der Waals surface area contributed by atoms with Crippen molar-refractivity contribution in [1.29, 1.82) is 0 Å². The van der Waals surface area contributed by atoms with Crippen LogP contribution in [0.1, 0.15) is 171 Å². The average Bonchev–Trinajstić information content (AvgIpc) is 0.858. The second kappa shape index (κ2) is 53.2. The van der Waals surface area contributed by atoms with Crippen molar-refractivity contribution in [3.05, 3.63) is 0 Å². The zero-order chi connectivity index (χ0) is 80.9. The lowest BCUT2D eigenvalue weighted by Gasteiger charge is -2.30. The topological polar surface area (TPSA) is 638 Å². The van der Waals surface area contributed by atoms with Crippen LogP contribution >= 0.6 is 25.3 Å². The van der Waals surface area contributed by atoms with E-state index in [4.69, 9.17) is 34.4 Å². The number of thiol groups is 2. The molecule has 0 aromatic carbocycles. The molecule has 0 unspecified atom stereocenters. The molecule has 40 heteroatoms. The predicted molar refractivity (Wildman–Crippen MR) is 400 cm³/mol. The maximum Gasteiger partial charge on any atom is 0.305 e. The summed E-state index contributed by atoms with van der Waals surface area (Å²) in [6.45, 7) is 14.5. The van der Waals surface area contributed by atoms with Gasteiger partial charge >= 0.3 is 11.9 Å². The summed E-state index contributed by atoms with van der Waals surface area (Å²) in [5.74, 6) is -17.6. The van der Waals surface area contributed by atoms with Crippen LogP contribution < -0.4 is 104 Å². The van der Waals surface area contributed by atoms with Gasteiger partial charge < -0.3 is 114 Å². The van der Waals surface area contributed by atoms with E-state index in [1.54, 1.807) is 41.5 Å². The number of nitrogens with two attached hydrogens (primary N) is 6. The van der Waals surface area contributed by atoms with Crippen LogP contribution in [0.4, 0.5) is 0 Å². The molecule has 0 bridgehead atoms. The lowest BCUT2D eigenvalue weighted by atomic mass is 9.96. The van der Waals surface area contributed by atoms with Gasteiger partial charge in [0.1, 0.15) is 72.5 Å². The molecule has 0 aliphatic heterocycles. The number of rotatable bonds is 56. The Bertz CT molecular complexity index is 2930. The first kappa shape index (κ1) is 97.4. The van der Waals surface area contributed by atoms with Gasteiger partial charge in [0.05, 0.1) is 13.0 Å². The van der Waals surface area contributed by atoms with Gasteiger partial charge in [-0.15, -0.1) is 0 Å². The normalized spacial score (nSPS) is 14.8. The van der Waals surface area contributed by atoms with Crippen molar-refractivity contribution in [2.75, 3.05) is 44.2 Å². The number of hydrogen-bond acceptors (Lipinski definition) is 22. The third-order valence-corrected chi connectivity index (χ3v) is 17.2. The highest BCUT2D eigenvalue weighted by atomic mass is 32.1. The molecule has 38 nitrogen and oxygen atoms in total. The third-order valence-electron chi connectivity index (χ3n) is 16.5. The average molecular weight is 1550 g/mol. The number of carbonyl (C=O) groups excluding carboxylic acids is 14. The molecular formula is C66H120N20O18S2. The molecule has 0 fully saturated rings. The summed E-state index contributed by atoms with van der Waals surface area (Å²) in [5.41, 5.74) is 33.7. The molecule has 0 aromatic heterocycles. The van der Waals surface area contributed by atoms with Crippen molar-refractivity contribution in [2.24, 2.45) is 63.1 Å². The lowest BCUT2D eigenvalue weighted by molar-refractivity contribution is -0.141. The van der Waals surface area contributed by atoms with E-state index in [1.807, 2.05) is 13.8 Å². The molecule has 0 radical (unpaired) electrons. The van der Waals surface area contributed by atoms with E-state index in [0.717, 1.165) is 0 Å². The zero-order valence-electron chi connectivity index (χ0n) is 62.4. The fourth-order valence-corrected chi connectivity index (χ4v) is 11.0. The Labute approximate surface area is 630 Å². The van der Waals surface area contributed by atoms with Crippen LogP contribution in [0.15, 0.2) is 4.99 Å². The summed E-state index contributed by atoms with van der Waals surface area (Å²) in [5, 5.41) is 52.2. The Morgan fingerprint density at radius 2 is 0.755 bits per heavy atom. The first-order valence-electron chi connectivity index (χ1n) is 35.8. The number of nitrogens with one attached hydrogen (secondary N) is 13. The Morgan fingerprint density at radius 1 is 0.396 bits per heavy atom. The first-order valence-corrected chi connectivity index (χ1v) is 37.1. The molecule has 0 heterocycles. The van der Waals surface area contributed by atoms with E-state index in [0.29, 0.717) is 32.1 Å². The van der Waals surface area contributed by atoms with Gasteiger partial charge in [-0.3, -0.25) is 81.7 Å². The summed E-state index contributed by atoms with van der Waals surface area (Å²) < 4.78 is 0. The predicted octanol–water partition coefficient (Wildman–Crippen LogP) is -5.14. The molecule has 0 saturated heterocycles. The SMILES string of the molecule is CC[C@H](C)[C@H](NC(=O)[C@H](CC(C)C)NC(=O)[C@H](CS)NC(C)=O)C(=O)N[C@@H](CCCCN)C(=O)N[C@@H](CC(C)C)C(=O)N[C@@H](CCCCN)C(=O)N[C@@H](CC(=O)O)C(=O)NCC(=O)N[C@@H](CCCN=C(N)N)C(=O)N[C@@H](CCCCN)C(=O)N[C@H](C(=O)N[C@@H](CCC(=O)O)C(=O)N[C@@H](CS)C(N)=O)C(C)C. The molecule has 0 rings (SSSR count). The van der Waals surface area contributed by atoms with Gasteiger partial charge in [-0.2, -0.15) is 25.3 Å². The molecule has 0 saturated carbocycles. The number of primary amides is 1. The van der Waals surface area contributed by atoms with E-state index in [-0.39, 0.29) is 113 Å². The number of amides is 14. The summed E-state index contributed by atoms with van der Waals surface area (Å²) >= 11 is 8.17. The van der Waals surface area contributed by atoms with Gasteiger partial charge in [-0.25, -0.2) is 0 Å². The van der Waals surface area contributed by atoms with Gasteiger partial charge in [0.2, 0.25) is 82.7 Å². The van der Waals surface area contributed by atoms with E-state index in [9.17, 15) is 86.9 Å². The minimum Gasteiger partial charge on any atom is -0.481 e. The third kappa shape index (κ3) is 40.2. The van der Waals surface area contributed by atoms with E-state index in [2.05, 4.69) is 99.4 Å². The van der Waals surface area contributed by atoms with Crippen LogP contribution in [-0.2, 0) is 76.7 Å². The largest absolute Gasteiger partial charge is 0.481 e. The van der Waals surface area contributed by atoms with Crippen LogP contribution in [0.3, 0.4) is 0 Å². The highest BCUT2D eigenvalue weighted by Crippen LogP contribution is 2.16. The molecule has 13 atom stereocenters. The summed E-state index contributed by atoms with van der Waals surface area (Å²) in [6, 6.07) is -16.8. The molecule has 0 aliphatic carbocycles. The van der Waals surface area contributed by atoms with E-state index < -0.39 is 205 Å². The van der Waals surface area contributed by atoms with Crippen molar-refractivity contribution in [3.63, 3.8) is 0 Å². The van der Waals surface area contributed by atoms with Crippen LogP contribution in [0.5, 0.6) is 0 Å². The van der Waals surface area contributed by atoms with Gasteiger partial charge in [-0.1, -0.05) is 61.8 Å². The van der Waals surface area contributed by atoms with Gasteiger partial charge in [0, 0.05) is 31.4 Å². The number of nitrogens with zero attached hydrogens (tertiary/aromatic N) is 1. The molecule has 604 valence electrons. The number of unbranched alkanes of at least 4 members (excludes halogenated alkanes) is 3. The van der Waals surface area contributed by atoms with E-state index >= 15 is 0 Å². The molecule has 106 heavy (non-hydrogen) atoms. The Morgan fingerprint density at radius 3 is 1.14 bits per heavy atom. The van der Waals surface area contributed by atoms with Crippen LogP contribution in [0.2, 0.25) is 0 Å². The molecule has 14 amide bonds. The smallest absolute Gasteiger partial charge is 0.305 e. The van der Waals surface area contributed by atoms with Crippen molar-refractivity contribution in [3.8, 4) is 0 Å². The second-order valence-electron chi connectivity index (χ2n) is 27.0. The number of carboxylic acid groups (broad SMARTS) is 2. The molecule has 0 aliphatic rings. The Balaban J connectivity index is 7.03. The number of guanidine groups is 1. The Kier molecular flexibility index (Phi) is 48.9. The van der Waals surface area contributed by atoms with Crippen molar-refractivity contribution < 1.29 is 86.9 Å². The van der Waals surface area contributed by atoms with Crippen LogP contribution in [-0.4, -0.2) is 228 Å². The van der Waals surface area contributed by atoms with Crippen LogP contribution in [0.25, 0.3) is 0 Å². The van der Waals surface area contributed by atoms with Crippen molar-refractivity contribution in [2.45, 2.75) is 244 Å². The monoisotopic (exact) mass is 1540 g/mol. The summed E-state index contributed by atoms with van der Waals surface area (Å²) in [6.07, 6.45) is -0.0885. The number of carbonyl (C=O) groups is 16. The number of hydrogen-bond donors (Lipinski definition) is 23. The number of carboxylic acids is 2. The minimum atomic E-state index is -1.91. The fourth-order valence-electron chi connectivity index (χ4n) is 10.5. The van der Waals surface area contributed by atoms with E-state index in [1.165, 1.54) is 6.92 Å². The molecule has 0 aromatic rings. The summed E-state index contributed by atoms with van der Waals surface area (Å²) in [4.78, 5) is 220. The first-order chi connectivity index (χ1) is 49.8. The fraction of sp³-hybridized carbons (Fsp3) is 0.742. The maximum atomic E-state index is 14.5. The van der Waals surface area contributed by atoms with Gasteiger partial charge in [0.15, 0.2) is 5.96 Å². The highest BCUT2D eigenvalue weighted by molar-refractivity contribution is 7.80. The van der Waals surface area contributed by atoms with Crippen molar-refractivity contribution in [1.82, 2.24) is 69.1 Å². The molecule has 27 N–H and O–H groups in total. The number of aliphatic imine (C=N–C) groups is 1. The quantitative estimate of drug-likeness (QED) is 0.0117. The maximum absolute atomic E-state index is 14.5. The molecule has 0 spiro atoms. The van der Waals surface area contributed by atoms with Gasteiger partial charge in [0.25, 0.3) is 0 Å². The minimum absolute atomic E-state index is 0.0123.